The van der Waals surface area contributed by atoms with Crippen molar-refractivity contribution in [1.29, 1.82) is 0 Å². The maximum atomic E-state index is 13.4. The average Bonchev–Trinajstić information content (AvgIpc) is 3.55. The quantitative estimate of drug-likeness (QED) is 0.816. The number of carbonyl (C=O) groups is 2. The molecule has 0 saturated heterocycles. The highest BCUT2D eigenvalue weighted by Gasteiger charge is 2.32. The molecule has 2 aliphatic carbocycles. The van der Waals surface area contributed by atoms with Gasteiger partial charge in [0.1, 0.15) is 5.82 Å². The predicted molar refractivity (Wildman–Crippen MR) is 101 cm³/mol. The van der Waals surface area contributed by atoms with E-state index in [0.29, 0.717) is 23.7 Å². The predicted octanol–water partition coefficient (Wildman–Crippen LogP) is 3.45. The second-order valence-corrected chi connectivity index (χ2v) is 7.50. The van der Waals surface area contributed by atoms with Crippen molar-refractivity contribution >= 4 is 11.8 Å². The van der Waals surface area contributed by atoms with Crippen LogP contribution in [0.15, 0.2) is 48.5 Å². The Morgan fingerprint density at radius 3 is 2.37 bits per heavy atom. The first kappa shape index (κ1) is 17.7. The number of halogens is 1. The summed E-state index contributed by atoms with van der Waals surface area (Å²) in [5, 5.41) is 2.97. The molecule has 2 fully saturated rings. The fourth-order valence-corrected chi connectivity index (χ4v) is 3.18. The number of rotatable bonds is 7. The maximum Gasteiger partial charge on any atom is 0.251 e. The summed E-state index contributed by atoms with van der Waals surface area (Å²) >= 11 is 0. The third kappa shape index (κ3) is 4.73. The highest BCUT2D eigenvalue weighted by atomic mass is 19.1. The van der Waals surface area contributed by atoms with E-state index in [2.05, 4.69) is 5.32 Å². The zero-order valence-electron chi connectivity index (χ0n) is 15.2. The summed E-state index contributed by atoms with van der Waals surface area (Å²) in [4.78, 5) is 26.7. The Balaban J connectivity index is 1.40. The van der Waals surface area contributed by atoms with Crippen molar-refractivity contribution in [3.05, 3.63) is 71.0 Å². The monoisotopic (exact) mass is 366 g/mol. The van der Waals surface area contributed by atoms with Gasteiger partial charge in [-0.05, 0) is 61.1 Å². The van der Waals surface area contributed by atoms with Crippen molar-refractivity contribution < 1.29 is 14.0 Å². The molecule has 0 heterocycles. The maximum absolute atomic E-state index is 13.4. The van der Waals surface area contributed by atoms with Crippen molar-refractivity contribution in [3.8, 4) is 0 Å². The molecule has 2 amide bonds. The molecule has 1 N–H and O–H groups in total. The van der Waals surface area contributed by atoms with E-state index in [0.717, 1.165) is 31.2 Å². The minimum absolute atomic E-state index is 0.0126. The molecule has 0 spiro atoms. The van der Waals surface area contributed by atoms with E-state index in [9.17, 15) is 14.0 Å². The summed E-state index contributed by atoms with van der Waals surface area (Å²) in [6, 6.07) is 14.3. The molecule has 4 rings (SSSR count). The molecule has 0 radical (unpaired) electrons. The van der Waals surface area contributed by atoms with Gasteiger partial charge in [0, 0.05) is 24.2 Å². The number of benzene rings is 2. The second-order valence-electron chi connectivity index (χ2n) is 7.50. The van der Waals surface area contributed by atoms with Crippen LogP contribution >= 0.6 is 0 Å². The normalized spacial score (nSPS) is 16.0. The SMILES string of the molecule is O=C(NC1CC1)c1ccc(CN(C(=O)Cc2cccc(F)c2)C2CC2)cc1. The Morgan fingerprint density at radius 1 is 1.00 bits per heavy atom. The Morgan fingerprint density at radius 2 is 1.74 bits per heavy atom. The van der Waals surface area contributed by atoms with Crippen LogP contribution in [0.2, 0.25) is 0 Å². The number of hydrogen-bond acceptors (Lipinski definition) is 2. The van der Waals surface area contributed by atoms with Crippen LogP contribution in [0.3, 0.4) is 0 Å². The lowest BCUT2D eigenvalue weighted by Crippen LogP contribution is -2.33. The molecule has 0 atom stereocenters. The van der Waals surface area contributed by atoms with Gasteiger partial charge in [-0.3, -0.25) is 9.59 Å². The van der Waals surface area contributed by atoms with Crippen LogP contribution in [-0.4, -0.2) is 28.8 Å². The zero-order chi connectivity index (χ0) is 18.8. The van der Waals surface area contributed by atoms with Crippen LogP contribution in [0.25, 0.3) is 0 Å². The molecule has 0 unspecified atom stereocenters. The van der Waals surface area contributed by atoms with Gasteiger partial charge in [0.2, 0.25) is 5.91 Å². The summed E-state index contributed by atoms with van der Waals surface area (Å²) in [5.41, 5.74) is 2.34. The van der Waals surface area contributed by atoms with Gasteiger partial charge in [-0.1, -0.05) is 24.3 Å². The lowest BCUT2D eigenvalue weighted by Gasteiger charge is -2.23. The third-order valence-corrected chi connectivity index (χ3v) is 5.03. The van der Waals surface area contributed by atoms with Crippen molar-refractivity contribution in [2.75, 3.05) is 0 Å². The van der Waals surface area contributed by atoms with Crippen molar-refractivity contribution in [3.63, 3.8) is 0 Å². The lowest BCUT2D eigenvalue weighted by molar-refractivity contribution is -0.131. The first-order chi connectivity index (χ1) is 13.1. The molecule has 0 aromatic heterocycles. The summed E-state index contributed by atoms with van der Waals surface area (Å²) < 4.78 is 13.4. The van der Waals surface area contributed by atoms with Gasteiger partial charge in [-0.25, -0.2) is 4.39 Å². The summed E-state index contributed by atoms with van der Waals surface area (Å²) in [5.74, 6) is -0.345. The number of carbonyl (C=O) groups excluding carboxylic acids is 2. The van der Waals surface area contributed by atoms with Gasteiger partial charge in [0.15, 0.2) is 0 Å². The molecule has 2 saturated carbocycles. The molecule has 0 bridgehead atoms. The van der Waals surface area contributed by atoms with Gasteiger partial charge in [0.25, 0.3) is 5.91 Å². The van der Waals surface area contributed by atoms with Crippen molar-refractivity contribution in [1.82, 2.24) is 10.2 Å². The second kappa shape index (κ2) is 7.51. The smallest absolute Gasteiger partial charge is 0.251 e. The molecule has 4 nitrogen and oxygen atoms in total. The fraction of sp³-hybridized carbons (Fsp3) is 0.364. The van der Waals surface area contributed by atoms with E-state index in [1.165, 1.54) is 12.1 Å². The van der Waals surface area contributed by atoms with Crippen molar-refractivity contribution in [2.45, 2.75) is 50.7 Å². The first-order valence-corrected chi connectivity index (χ1v) is 9.52. The van der Waals surface area contributed by atoms with Crippen LogP contribution in [0.4, 0.5) is 4.39 Å². The lowest BCUT2D eigenvalue weighted by atomic mass is 10.1. The number of nitrogens with zero attached hydrogens (tertiary/aromatic N) is 1. The van der Waals surface area contributed by atoms with Gasteiger partial charge in [-0.2, -0.15) is 0 Å². The van der Waals surface area contributed by atoms with Gasteiger partial charge in [0.05, 0.1) is 6.42 Å². The Labute approximate surface area is 158 Å². The van der Waals surface area contributed by atoms with E-state index in [4.69, 9.17) is 0 Å². The molecule has 2 aromatic carbocycles. The molecule has 2 aliphatic rings. The minimum atomic E-state index is -0.321. The average molecular weight is 366 g/mol. The van der Waals surface area contributed by atoms with E-state index in [1.54, 1.807) is 12.1 Å². The molecule has 5 heteroatoms. The van der Waals surface area contributed by atoms with Crippen LogP contribution in [0, 0.1) is 5.82 Å². The van der Waals surface area contributed by atoms with Crippen LogP contribution < -0.4 is 5.32 Å². The Hall–Kier alpha value is -2.69. The van der Waals surface area contributed by atoms with Gasteiger partial charge >= 0.3 is 0 Å². The zero-order valence-corrected chi connectivity index (χ0v) is 15.2. The highest BCUT2D eigenvalue weighted by molar-refractivity contribution is 5.94. The summed E-state index contributed by atoms with van der Waals surface area (Å²) in [7, 11) is 0. The number of amides is 2. The topological polar surface area (TPSA) is 49.4 Å². The van der Waals surface area contributed by atoms with E-state index in [-0.39, 0.29) is 30.1 Å². The summed E-state index contributed by atoms with van der Waals surface area (Å²) in [6.07, 6.45) is 4.35. The molecule has 0 aliphatic heterocycles. The highest BCUT2D eigenvalue weighted by Crippen LogP contribution is 2.29. The Bertz CT molecular complexity index is 842. The van der Waals surface area contributed by atoms with Gasteiger partial charge in [-0.15, -0.1) is 0 Å². The summed E-state index contributed by atoms with van der Waals surface area (Å²) in [6.45, 7) is 0.517. The standard InChI is InChI=1S/C22H23FN2O2/c23-18-3-1-2-16(12-18)13-21(26)25(20-10-11-20)14-15-4-6-17(7-5-15)22(27)24-19-8-9-19/h1-7,12,19-20H,8-11,13-14H2,(H,24,27). The van der Waals surface area contributed by atoms with Crippen LogP contribution in [0.5, 0.6) is 0 Å². The van der Waals surface area contributed by atoms with Crippen LogP contribution in [0.1, 0.15) is 47.2 Å². The molecule has 27 heavy (non-hydrogen) atoms. The minimum Gasteiger partial charge on any atom is -0.349 e. The molecular weight excluding hydrogens is 343 g/mol. The third-order valence-electron chi connectivity index (χ3n) is 5.03. The van der Waals surface area contributed by atoms with Crippen molar-refractivity contribution in [2.24, 2.45) is 0 Å². The van der Waals surface area contributed by atoms with Crippen LogP contribution in [-0.2, 0) is 17.8 Å². The molecular formula is C22H23FN2O2. The first-order valence-electron chi connectivity index (χ1n) is 9.52. The number of nitrogens with one attached hydrogen (secondary N) is 1. The molecule has 140 valence electrons. The van der Waals surface area contributed by atoms with E-state index in [1.807, 2.05) is 29.2 Å². The number of hydrogen-bond donors (Lipinski definition) is 1. The fourth-order valence-electron chi connectivity index (χ4n) is 3.18. The largest absolute Gasteiger partial charge is 0.349 e. The molecule has 2 aromatic rings. The van der Waals surface area contributed by atoms with E-state index >= 15 is 0 Å². The van der Waals surface area contributed by atoms with Gasteiger partial charge < -0.3 is 10.2 Å². The van der Waals surface area contributed by atoms with E-state index < -0.39 is 0 Å². The Kier molecular flexibility index (Phi) is 4.92.